The minimum atomic E-state index is -1.28. The second kappa shape index (κ2) is 11.2. The number of allylic oxidation sites excluding steroid dienone is 1. The summed E-state index contributed by atoms with van der Waals surface area (Å²) in [5.74, 6) is -0.305. The number of aliphatic hydroxyl groups is 2. The quantitative estimate of drug-likeness (QED) is 0.211. The number of aromatic nitrogens is 4. The molecule has 1 saturated heterocycles. The molecular formula is C21H32N6O5. The zero-order chi connectivity index (χ0) is 23.1. The Balaban J connectivity index is 1.46. The van der Waals surface area contributed by atoms with Crippen LogP contribution in [0.4, 0.5) is 11.8 Å². The van der Waals surface area contributed by atoms with E-state index in [9.17, 15) is 15.0 Å². The predicted octanol–water partition coefficient (Wildman–Crippen LogP) is 1.46. The van der Waals surface area contributed by atoms with E-state index in [-0.39, 0.29) is 30.0 Å². The smallest absolute Gasteiger partial charge is 0.305 e. The van der Waals surface area contributed by atoms with E-state index in [2.05, 4.69) is 21.5 Å². The van der Waals surface area contributed by atoms with Crippen molar-refractivity contribution >= 4 is 28.9 Å². The lowest BCUT2D eigenvalue weighted by Crippen LogP contribution is -2.34. The number of esters is 1. The first-order valence-corrected chi connectivity index (χ1v) is 11.0. The van der Waals surface area contributed by atoms with Crippen LogP contribution in [0.25, 0.3) is 11.2 Å². The van der Waals surface area contributed by atoms with Gasteiger partial charge in [0.2, 0.25) is 5.95 Å². The average Bonchev–Trinajstić information content (AvgIpc) is 3.30. The molecule has 4 atom stereocenters. The predicted molar refractivity (Wildman–Crippen MR) is 118 cm³/mol. The van der Waals surface area contributed by atoms with Crippen molar-refractivity contribution in [3.8, 4) is 0 Å². The Kier molecular flexibility index (Phi) is 8.37. The van der Waals surface area contributed by atoms with Crippen LogP contribution >= 0.6 is 0 Å². The lowest BCUT2D eigenvalue weighted by molar-refractivity contribution is -0.150. The molecule has 1 fully saturated rings. The average molecular weight is 449 g/mol. The molecule has 3 rings (SSSR count). The third-order valence-corrected chi connectivity index (χ3v) is 5.52. The third-order valence-electron chi connectivity index (χ3n) is 5.52. The van der Waals surface area contributed by atoms with Crippen LogP contribution in [0.1, 0.15) is 57.6 Å². The summed E-state index contributed by atoms with van der Waals surface area (Å²) in [5.41, 5.74) is 12.0. The molecule has 176 valence electrons. The molecule has 32 heavy (non-hydrogen) atoms. The summed E-state index contributed by atoms with van der Waals surface area (Å²) in [6.45, 7) is 3.54. The van der Waals surface area contributed by atoms with Gasteiger partial charge >= 0.3 is 5.97 Å². The number of carbonyl (C=O) groups is 1. The molecule has 0 amide bonds. The van der Waals surface area contributed by atoms with Crippen LogP contribution in [0.5, 0.6) is 0 Å². The molecule has 0 saturated carbocycles. The summed E-state index contributed by atoms with van der Waals surface area (Å²) >= 11 is 0. The fourth-order valence-electron chi connectivity index (χ4n) is 3.75. The highest BCUT2D eigenvalue weighted by atomic mass is 16.6. The molecule has 0 radical (unpaired) electrons. The minimum Gasteiger partial charge on any atom is -0.463 e. The van der Waals surface area contributed by atoms with Gasteiger partial charge in [-0.1, -0.05) is 31.8 Å². The summed E-state index contributed by atoms with van der Waals surface area (Å²) in [5, 5.41) is 20.8. The first kappa shape index (κ1) is 23.9. The first-order chi connectivity index (χ1) is 15.4. The number of imidazole rings is 1. The molecule has 0 aromatic carbocycles. The number of hydrogen-bond donors (Lipinski definition) is 4. The summed E-state index contributed by atoms with van der Waals surface area (Å²) in [6, 6.07) is 0. The molecule has 6 N–H and O–H groups in total. The van der Waals surface area contributed by atoms with Crippen LogP contribution in [-0.4, -0.2) is 60.6 Å². The summed E-state index contributed by atoms with van der Waals surface area (Å²) in [6.07, 6.45) is 6.53. The maximum absolute atomic E-state index is 12.0. The van der Waals surface area contributed by atoms with E-state index >= 15 is 0 Å². The van der Waals surface area contributed by atoms with E-state index in [1.807, 2.05) is 6.08 Å². The molecule has 1 aliphatic heterocycles. The summed E-state index contributed by atoms with van der Waals surface area (Å²) < 4.78 is 12.4. The van der Waals surface area contributed by atoms with Gasteiger partial charge < -0.3 is 31.2 Å². The van der Waals surface area contributed by atoms with Gasteiger partial charge in [-0.25, -0.2) is 4.98 Å². The Morgan fingerprint density at radius 1 is 1.16 bits per heavy atom. The Bertz CT molecular complexity index is 919. The fourth-order valence-corrected chi connectivity index (χ4v) is 3.75. The number of nitrogen functional groups attached to an aromatic ring is 2. The molecule has 11 nitrogen and oxygen atoms in total. The van der Waals surface area contributed by atoms with Gasteiger partial charge in [-0.2, -0.15) is 9.97 Å². The van der Waals surface area contributed by atoms with Gasteiger partial charge in [-0.15, -0.1) is 6.58 Å². The number of nitrogens with zero attached hydrogens (tertiary/aromatic N) is 4. The maximum Gasteiger partial charge on any atom is 0.305 e. The topological polar surface area (TPSA) is 172 Å². The van der Waals surface area contributed by atoms with Gasteiger partial charge in [0, 0.05) is 6.42 Å². The molecular weight excluding hydrogens is 416 g/mol. The van der Waals surface area contributed by atoms with E-state index in [4.69, 9.17) is 20.9 Å². The zero-order valence-corrected chi connectivity index (χ0v) is 18.1. The molecule has 1 aliphatic rings. The van der Waals surface area contributed by atoms with E-state index < -0.39 is 24.5 Å². The van der Waals surface area contributed by atoms with Crippen LogP contribution in [0.3, 0.4) is 0 Å². The van der Waals surface area contributed by atoms with Gasteiger partial charge in [0.1, 0.15) is 30.4 Å². The highest BCUT2D eigenvalue weighted by Gasteiger charge is 2.45. The van der Waals surface area contributed by atoms with Crippen molar-refractivity contribution in [2.75, 3.05) is 18.1 Å². The number of aliphatic hydroxyl groups excluding tert-OH is 2. The Labute approximate surface area is 186 Å². The highest BCUT2D eigenvalue weighted by Crippen LogP contribution is 2.32. The molecule has 0 aliphatic carbocycles. The molecule has 0 unspecified atom stereocenters. The lowest BCUT2D eigenvalue weighted by Gasteiger charge is -2.16. The van der Waals surface area contributed by atoms with Gasteiger partial charge in [-0.05, 0) is 19.3 Å². The van der Waals surface area contributed by atoms with Crippen molar-refractivity contribution in [3.05, 3.63) is 19.0 Å². The number of unbranched alkanes of at least 4 members (excludes halogenated alkanes) is 6. The Morgan fingerprint density at radius 3 is 2.62 bits per heavy atom. The number of ether oxygens (including phenoxy) is 2. The van der Waals surface area contributed by atoms with Crippen molar-refractivity contribution in [2.45, 2.75) is 75.9 Å². The highest BCUT2D eigenvalue weighted by molar-refractivity contribution is 5.82. The van der Waals surface area contributed by atoms with Crippen molar-refractivity contribution in [3.63, 3.8) is 0 Å². The second-order valence-electron chi connectivity index (χ2n) is 7.97. The van der Waals surface area contributed by atoms with E-state index in [0.29, 0.717) is 11.9 Å². The Morgan fingerprint density at radius 2 is 1.88 bits per heavy atom. The monoisotopic (exact) mass is 448 g/mol. The van der Waals surface area contributed by atoms with Crippen LogP contribution in [0.2, 0.25) is 0 Å². The second-order valence-corrected chi connectivity index (χ2v) is 7.97. The van der Waals surface area contributed by atoms with Crippen LogP contribution in [0.15, 0.2) is 19.0 Å². The largest absolute Gasteiger partial charge is 0.463 e. The molecule has 3 heterocycles. The molecule has 11 heteroatoms. The van der Waals surface area contributed by atoms with Crippen molar-refractivity contribution in [1.82, 2.24) is 19.5 Å². The molecule has 2 aromatic rings. The van der Waals surface area contributed by atoms with Gasteiger partial charge in [-0.3, -0.25) is 9.36 Å². The maximum atomic E-state index is 12.0. The number of hydrogen-bond acceptors (Lipinski definition) is 10. The van der Waals surface area contributed by atoms with Crippen molar-refractivity contribution in [2.24, 2.45) is 0 Å². The standard InChI is InChI=1S/C21H32N6O5/c1-2-3-4-5-6-7-8-9-10-14(28)31-11-13-16(29)17(30)20(32-13)27-12-24-15-18(22)25-21(23)26-19(15)27/h2,12-13,16-17,20,29-30H,1,3-11H2,(H4,22,23,25,26)/t13-,16-,17-,20-/m1/s1. The molecule has 0 spiro atoms. The number of nitrogens with two attached hydrogens (primary N) is 2. The van der Waals surface area contributed by atoms with E-state index in [0.717, 1.165) is 38.5 Å². The number of anilines is 2. The van der Waals surface area contributed by atoms with Crippen LogP contribution < -0.4 is 11.5 Å². The lowest BCUT2D eigenvalue weighted by atomic mass is 10.1. The SMILES string of the molecule is C=CCCCCCCCCC(=O)OC[C@H]1O[C@@H](n2cnc3c(N)nc(N)nc32)[C@H](O)[C@@H]1O. The molecule has 0 bridgehead atoms. The number of fused-ring (bicyclic) bond motifs is 1. The fraction of sp³-hybridized carbons (Fsp3) is 0.619. The first-order valence-electron chi connectivity index (χ1n) is 11.0. The van der Waals surface area contributed by atoms with Gasteiger partial charge in [0.15, 0.2) is 17.7 Å². The Hall–Kier alpha value is -2.76. The number of rotatable bonds is 12. The van der Waals surface area contributed by atoms with Crippen LogP contribution in [0, 0.1) is 0 Å². The van der Waals surface area contributed by atoms with Crippen molar-refractivity contribution < 1.29 is 24.5 Å². The normalized spacial score (nSPS) is 22.9. The van der Waals surface area contributed by atoms with Crippen LogP contribution in [-0.2, 0) is 14.3 Å². The summed E-state index contributed by atoms with van der Waals surface area (Å²) in [7, 11) is 0. The van der Waals surface area contributed by atoms with E-state index in [1.54, 1.807) is 0 Å². The minimum absolute atomic E-state index is 0.0490. The van der Waals surface area contributed by atoms with Crippen molar-refractivity contribution in [1.29, 1.82) is 0 Å². The molecule has 2 aromatic heterocycles. The third kappa shape index (κ3) is 5.72. The van der Waals surface area contributed by atoms with E-state index in [1.165, 1.54) is 17.3 Å². The zero-order valence-electron chi connectivity index (χ0n) is 18.1. The van der Waals surface area contributed by atoms with Gasteiger partial charge in [0.05, 0.1) is 6.33 Å². The number of carbonyl (C=O) groups excluding carboxylic acids is 1. The van der Waals surface area contributed by atoms with Gasteiger partial charge in [0.25, 0.3) is 0 Å². The summed E-state index contributed by atoms with van der Waals surface area (Å²) in [4.78, 5) is 24.1.